The van der Waals surface area contributed by atoms with E-state index in [1.807, 2.05) is 55.1 Å². The zero-order valence-electron chi connectivity index (χ0n) is 23.2. The molecule has 2 N–H and O–H groups in total. The highest BCUT2D eigenvalue weighted by Gasteiger charge is 2.34. The van der Waals surface area contributed by atoms with E-state index >= 15 is 0 Å². The normalized spacial score (nSPS) is 15.1. The number of aromatic nitrogens is 4. The van der Waals surface area contributed by atoms with Crippen LogP contribution in [0.3, 0.4) is 0 Å². The summed E-state index contributed by atoms with van der Waals surface area (Å²) in [6, 6.07) is 22.3. The van der Waals surface area contributed by atoms with Gasteiger partial charge in [-0.05, 0) is 48.2 Å². The Bertz CT molecular complexity index is 1770. The van der Waals surface area contributed by atoms with Gasteiger partial charge in [0.25, 0.3) is 0 Å². The predicted octanol–water partition coefficient (Wildman–Crippen LogP) is 5.57. The molecule has 6 rings (SSSR count). The molecule has 5 aromatic rings. The third-order valence-corrected chi connectivity index (χ3v) is 7.95. The second kappa shape index (κ2) is 11.4. The lowest BCUT2D eigenvalue weighted by Gasteiger charge is -2.31. The van der Waals surface area contributed by atoms with Crippen LogP contribution in [-0.2, 0) is 10.2 Å². The topological polar surface area (TPSA) is 101 Å². The number of rotatable bonds is 10. The number of nitriles is 1. The third kappa shape index (κ3) is 5.41. The van der Waals surface area contributed by atoms with E-state index < -0.39 is 5.44 Å². The number of hydrogen-bond donors (Lipinski definition) is 2. The minimum absolute atomic E-state index is 0.230. The van der Waals surface area contributed by atoms with Crippen LogP contribution in [0.2, 0.25) is 5.02 Å². The molecule has 2 heterocycles. The molecule has 0 spiro atoms. The molecular weight excluding hydrogens is 552 g/mol. The van der Waals surface area contributed by atoms with Crippen molar-refractivity contribution in [2.75, 3.05) is 24.4 Å². The summed E-state index contributed by atoms with van der Waals surface area (Å²) >= 11 is 6.82. The van der Waals surface area contributed by atoms with Crippen LogP contribution >= 0.6 is 11.6 Å². The Labute approximate surface area is 248 Å². The van der Waals surface area contributed by atoms with Crippen LogP contribution in [0.15, 0.2) is 79.1 Å². The van der Waals surface area contributed by atoms with Gasteiger partial charge < -0.3 is 15.4 Å². The van der Waals surface area contributed by atoms with Crippen molar-refractivity contribution in [3.05, 3.63) is 112 Å². The Morgan fingerprint density at radius 2 is 1.95 bits per heavy atom. The van der Waals surface area contributed by atoms with Gasteiger partial charge in [0.15, 0.2) is 0 Å². The molecule has 0 bridgehead atoms. The maximum absolute atomic E-state index is 13.9. The fourth-order valence-corrected chi connectivity index (χ4v) is 5.47. The van der Waals surface area contributed by atoms with Crippen LogP contribution in [0, 0.1) is 17.1 Å². The van der Waals surface area contributed by atoms with Crippen molar-refractivity contribution in [1.29, 1.82) is 5.26 Å². The molecule has 0 aliphatic heterocycles. The van der Waals surface area contributed by atoms with E-state index in [2.05, 4.69) is 32.0 Å². The van der Waals surface area contributed by atoms with Crippen molar-refractivity contribution >= 4 is 41.7 Å². The van der Waals surface area contributed by atoms with Crippen LogP contribution in [0.25, 0.3) is 10.9 Å². The lowest BCUT2D eigenvalue weighted by atomic mass is 9.69. The number of methoxy groups -OCH3 is 1. The average Bonchev–Trinajstić information content (AvgIpc) is 3.73. The minimum atomic E-state index is -0.881. The van der Waals surface area contributed by atoms with E-state index in [9.17, 15) is 9.65 Å². The first kappa shape index (κ1) is 27.7. The molecule has 1 saturated carbocycles. The van der Waals surface area contributed by atoms with Gasteiger partial charge in [0.2, 0.25) is 0 Å². The standard InChI is InChI=1S/C31H28BClFN7O/c1-42-18-27(19-5-3-2-4-6-19)37-29-20(15-35)16-36-30-25(29)13-23(14-26(30)33)38-31(32,21-7-9-22(34)10-8-21)28-17-41(40-39-28)24-11-12-24/h2-10,13-14,16-17,24,27,38H,11-12,18,32H2,1H3,(H,36,37)/t27-,31+/m1/s1. The highest BCUT2D eigenvalue weighted by molar-refractivity contribution is 6.36. The van der Waals surface area contributed by atoms with Gasteiger partial charge in [-0.2, -0.15) is 5.26 Å². The molecule has 0 radical (unpaired) electrons. The van der Waals surface area contributed by atoms with Crippen molar-refractivity contribution in [2.24, 2.45) is 0 Å². The summed E-state index contributed by atoms with van der Waals surface area (Å²) in [5.74, 6) is -0.327. The number of ether oxygens (including phenoxy) is 1. The lowest BCUT2D eigenvalue weighted by Crippen LogP contribution is -2.37. The molecule has 11 heteroatoms. The molecule has 8 nitrogen and oxygen atoms in total. The fraction of sp³-hybridized carbons (Fsp3) is 0.226. The molecule has 1 fully saturated rings. The predicted molar refractivity (Wildman–Crippen MR) is 164 cm³/mol. The molecule has 2 atom stereocenters. The van der Waals surface area contributed by atoms with Crippen LogP contribution in [-0.4, -0.2) is 41.5 Å². The number of nitrogens with one attached hydrogen (secondary N) is 2. The van der Waals surface area contributed by atoms with Gasteiger partial charge in [-0.1, -0.05) is 59.3 Å². The average molecular weight is 580 g/mol. The van der Waals surface area contributed by atoms with Crippen molar-refractivity contribution in [2.45, 2.75) is 30.4 Å². The Morgan fingerprint density at radius 1 is 1.19 bits per heavy atom. The number of pyridine rings is 1. The summed E-state index contributed by atoms with van der Waals surface area (Å²) in [7, 11) is 3.62. The number of anilines is 2. The highest BCUT2D eigenvalue weighted by atomic mass is 35.5. The summed E-state index contributed by atoms with van der Waals surface area (Å²) in [6.45, 7) is 0.379. The fourth-order valence-electron chi connectivity index (χ4n) is 5.20. The zero-order chi connectivity index (χ0) is 29.3. The molecule has 210 valence electrons. The zero-order valence-corrected chi connectivity index (χ0v) is 23.9. The Hall–Kier alpha value is -4.46. The first-order valence-corrected chi connectivity index (χ1v) is 14.1. The molecule has 42 heavy (non-hydrogen) atoms. The minimum Gasteiger partial charge on any atom is -0.382 e. The smallest absolute Gasteiger partial charge is 0.148 e. The summed E-state index contributed by atoms with van der Waals surface area (Å²) in [5.41, 5.74) is 3.81. The molecule has 0 saturated heterocycles. The second-order valence-electron chi connectivity index (χ2n) is 10.6. The quantitative estimate of drug-likeness (QED) is 0.209. The van der Waals surface area contributed by atoms with Gasteiger partial charge in [0.05, 0.1) is 52.1 Å². The van der Waals surface area contributed by atoms with Crippen molar-refractivity contribution < 1.29 is 9.13 Å². The van der Waals surface area contributed by atoms with E-state index in [-0.39, 0.29) is 11.9 Å². The lowest BCUT2D eigenvalue weighted by molar-refractivity contribution is 0.186. The van der Waals surface area contributed by atoms with Crippen LogP contribution in [0.4, 0.5) is 15.8 Å². The van der Waals surface area contributed by atoms with Crippen molar-refractivity contribution in [3.8, 4) is 6.07 Å². The van der Waals surface area contributed by atoms with Crippen molar-refractivity contribution in [3.63, 3.8) is 0 Å². The molecule has 3 aromatic carbocycles. The Morgan fingerprint density at radius 3 is 2.64 bits per heavy atom. The molecule has 0 amide bonds. The number of halogens is 2. The molecule has 1 aliphatic rings. The second-order valence-corrected chi connectivity index (χ2v) is 11.1. The van der Waals surface area contributed by atoms with Crippen LogP contribution in [0.5, 0.6) is 0 Å². The van der Waals surface area contributed by atoms with E-state index in [0.717, 1.165) is 24.0 Å². The van der Waals surface area contributed by atoms with E-state index in [4.69, 9.17) is 16.3 Å². The number of nitrogens with zero attached hydrogens (tertiary/aromatic N) is 5. The number of hydrogen-bond acceptors (Lipinski definition) is 7. The van der Waals surface area contributed by atoms with E-state index in [1.54, 1.807) is 25.3 Å². The summed E-state index contributed by atoms with van der Waals surface area (Å²) in [5, 5.41) is 27.1. The molecule has 2 aromatic heterocycles. The summed E-state index contributed by atoms with van der Waals surface area (Å²) in [4.78, 5) is 4.51. The monoisotopic (exact) mass is 579 g/mol. The summed E-state index contributed by atoms with van der Waals surface area (Å²) in [6.07, 6.45) is 5.60. The maximum Gasteiger partial charge on any atom is 0.148 e. The number of benzene rings is 3. The Balaban J connectivity index is 1.46. The van der Waals surface area contributed by atoms with Gasteiger partial charge in [-0.15, -0.1) is 5.10 Å². The van der Waals surface area contributed by atoms with E-state index in [0.29, 0.717) is 51.2 Å². The van der Waals surface area contributed by atoms with Gasteiger partial charge in [-0.25, -0.2) is 9.07 Å². The maximum atomic E-state index is 13.9. The van der Waals surface area contributed by atoms with Crippen molar-refractivity contribution in [1.82, 2.24) is 20.0 Å². The SMILES string of the molecule is B[C@](Nc1cc(Cl)c2ncc(C#N)c(N[C@H](COC)c3ccccc3)c2c1)(c1ccc(F)cc1)c1cn(C2CC2)nn1. The first-order valence-electron chi connectivity index (χ1n) is 13.7. The van der Waals surface area contributed by atoms with Gasteiger partial charge in [0.1, 0.15) is 25.4 Å². The molecule has 0 unspecified atom stereocenters. The van der Waals surface area contributed by atoms with Gasteiger partial charge >= 0.3 is 0 Å². The number of fused-ring (bicyclic) bond motifs is 1. The largest absolute Gasteiger partial charge is 0.382 e. The Kier molecular flexibility index (Phi) is 7.54. The van der Waals surface area contributed by atoms with Crippen LogP contribution in [0.1, 0.15) is 47.3 Å². The molecule has 1 aliphatic carbocycles. The van der Waals surface area contributed by atoms with Gasteiger partial charge in [0, 0.05) is 24.4 Å². The highest BCUT2D eigenvalue weighted by Crippen LogP contribution is 2.39. The van der Waals surface area contributed by atoms with Gasteiger partial charge in [-0.3, -0.25) is 4.98 Å². The summed E-state index contributed by atoms with van der Waals surface area (Å²) < 4.78 is 21.3. The first-order chi connectivity index (χ1) is 20.4. The third-order valence-electron chi connectivity index (χ3n) is 7.66. The molecular formula is C31H28BClFN7O. The van der Waals surface area contributed by atoms with Crippen LogP contribution < -0.4 is 10.6 Å². The van der Waals surface area contributed by atoms with E-state index in [1.165, 1.54) is 18.3 Å².